The number of halogens is 1. The summed E-state index contributed by atoms with van der Waals surface area (Å²) in [6.07, 6.45) is 2.44. The van der Waals surface area contributed by atoms with E-state index in [4.69, 9.17) is 4.74 Å². The predicted molar refractivity (Wildman–Crippen MR) is 125 cm³/mol. The lowest BCUT2D eigenvalue weighted by molar-refractivity contribution is -0.132. The number of rotatable bonds is 6. The number of Topliss-reactive ketones (excluding diaryl/α,β-unsaturated/α-hetero) is 1. The van der Waals surface area contributed by atoms with Crippen molar-refractivity contribution in [2.75, 3.05) is 11.5 Å². The number of anilines is 1. The maximum atomic E-state index is 13.1. The molecule has 162 valence electrons. The van der Waals surface area contributed by atoms with Gasteiger partial charge in [-0.3, -0.25) is 14.5 Å². The Bertz CT molecular complexity index is 1180. The van der Waals surface area contributed by atoms with Gasteiger partial charge in [-0.15, -0.1) is 0 Å². The van der Waals surface area contributed by atoms with Crippen LogP contribution in [-0.4, -0.2) is 28.4 Å². The molecule has 3 aromatic rings. The Kier molecular flexibility index (Phi) is 6.37. The van der Waals surface area contributed by atoms with E-state index in [-0.39, 0.29) is 11.3 Å². The zero-order valence-corrected chi connectivity index (χ0v) is 19.0. The molecule has 4 rings (SSSR count). The van der Waals surface area contributed by atoms with Gasteiger partial charge in [-0.05, 0) is 60.5 Å². The summed E-state index contributed by atoms with van der Waals surface area (Å²) in [5, 5.41) is 11.1. The first-order valence-corrected chi connectivity index (χ1v) is 11.0. The van der Waals surface area contributed by atoms with Crippen LogP contribution in [0.2, 0.25) is 0 Å². The van der Waals surface area contributed by atoms with Gasteiger partial charge >= 0.3 is 5.91 Å². The van der Waals surface area contributed by atoms with Gasteiger partial charge in [0.2, 0.25) is 0 Å². The molecule has 1 aliphatic heterocycles. The average molecular weight is 493 g/mol. The Balaban J connectivity index is 1.85. The number of aromatic nitrogens is 1. The Morgan fingerprint density at radius 2 is 1.88 bits per heavy atom. The van der Waals surface area contributed by atoms with E-state index in [2.05, 4.69) is 20.9 Å². The SMILES string of the molecule is CCCOc1ccc(/C(O)=C2/C(=O)C(=O)N(c3ccccn3)C2c2cccc(Br)c2)cc1. The highest BCUT2D eigenvalue weighted by Crippen LogP contribution is 2.42. The van der Waals surface area contributed by atoms with E-state index in [1.165, 1.54) is 4.90 Å². The Morgan fingerprint density at radius 1 is 1.09 bits per heavy atom. The van der Waals surface area contributed by atoms with Gasteiger partial charge in [0.25, 0.3) is 5.78 Å². The van der Waals surface area contributed by atoms with Gasteiger partial charge < -0.3 is 9.84 Å². The molecule has 2 heterocycles. The highest BCUT2D eigenvalue weighted by Gasteiger charge is 2.47. The fourth-order valence-corrected chi connectivity index (χ4v) is 4.06. The molecule has 1 fully saturated rings. The second-order valence-electron chi connectivity index (χ2n) is 7.28. The predicted octanol–water partition coefficient (Wildman–Crippen LogP) is 5.26. The molecule has 0 bridgehead atoms. The lowest BCUT2D eigenvalue weighted by atomic mass is 9.95. The summed E-state index contributed by atoms with van der Waals surface area (Å²) in [6.45, 7) is 2.60. The molecule has 1 N–H and O–H groups in total. The third-order valence-electron chi connectivity index (χ3n) is 5.11. The van der Waals surface area contributed by atoms with E-state index >= 15 is 0 Å². The van der Waals surface area contributed by atoms with Crippen molar-refractivity contribution in [1.29, 1.82) is 0 Å². The van der Waals surface area contributed by atoms with E-state index < -0.39 is 17.7 Å². The molecule has 2 aromatic carbocycles. The fourth-order valence-electron chi connectivity index (χ4n) is 3.64. The molecule has 0 aliphatic carbocycles. The first-order chi connectivity index (χ1) is 15.5. The molecule has 1 amide bonds. The highest BCUT2D eigenvalue weighted by molar-refractivity contribution is 9.10. The number of carbonyl (C=O) groups excluding carboxylic acids is 2. The van der Waals surface area contributed by atoms with Crippen molar-refractivity contribution in [1.82, 2.24) is 4.98 Å². The number of amides is 1. The molecule has 32 heavy (non-hydrogen) atoms. The molecule has 0 saturated carbocycles. The Morgan fingerprint density at radius 3 is 2.53 bits per heavy atom. The van der Waals surface area contributed by atoms with Gasteiger partial charge in [0.1, 0.15) is 17.3 Å². The Labute approximate surface area is 194 Å². The molecule has 7 heteroatoms. The number of aliphatic hydroxyl groups excluding tert-OH is 1. The number of pyridine rings is 1. The van der Waals surface area contributed by atoms with Crippen LogP contribution in [0.4, 0.5) is 5.82 Å². The largest absolute Gasteiger partial charge is 0.507 e. The van der Waals surface area contributed by atoms with Crippen LogP contribution in [0.3, 0.4) is 0 Å². The van der Waals surface area contributed by atoms with Crippen molar-refractivity contribution < 1.29 is 19.4 Å². The van der Waals surface area contributed by atoms with Crippen molar-refractivity contribution in [3.8, 4) is 5.75 Å². The number of ether oxygens (including phenoxy) is 1. The first-order valence-electron chi connectivity index (χ1n) is 10.2. The van der Waals surface area contributed by atoms with E-state index in [9.17, 15) is 14.7 Å². The second-order valence-corrected chi connectivity index (χ2v) is 8.20. The molecule has 1 aromatic heterocycles. The molecule has 1 atom stereocenters. The fraction of sp³-hybridized carbons (Fsp3) is 0.160. The molecule has 1 unspecified atom stereocenters. The smallest absolute Gasteiger partial charge is 0.301 e. The van der Waals surface area contributed by atoms with E-state index in [1.807, 2.05) is 31.2 Å². The van der Waals surface area contributed by atoms with E-state index in [1.54, 1.807) is 48.7 Å². The van der Waals surface area contributed by atoms with Crippen LogP contribution < -0.4 is 9.64 Å². The summed E-state index contributed by atoms with van der Waals surface area (Å²) in [6, 6.07) is 18.4. The summed E-state index contributed by atoms with van der Waals surface area (Å²) in [5.74, 6) is -0.737. The zero-order valence-electron chi connectivity index (χ0n) is 17.4. The van der Waals surface area contributed by atoms with Crippen LogP contribution in [0, 0.1) is 0 Å². The van der Waals surface area contributed by atoms with Crippen molar-refractivity contribution in [2.45, 2.75) is 19.4 Å². The number of nitrogens with zero attached hydrogens (tertiary/aromatic N) is 2. The van der Waals surface area contributed by atoms with E-state index in [0.29, 0.717) is 29.3 Å². The zero-order chi connectivity index (χ0) is 22.7. The summed E-state index contributed by atoms with van der Waals surface area (Å²) in [7, 11) is 0. The standard InChI is InChI=1S/C25H21BrN2O4/c1-2-14-32-19-11-9-16(10-12-19)23(29)21-22(17-6-5-7-18(26)15-17)28(25(31)24(21)30)20-8-3-4-13-27-20/h3-13,15,22,29H,2,14H2,1H3/b23-21-. The first kappa shape index (κ1) is 21.8. The number of carbonyl (C=O) groups is 2. The summed E-state index contributed by atoms with van der Waals surface area (Å²) in [4.78, 5) is 31.8. The van der Waals surface area contributed by atoms with Crippen molar-refractivity contribution in [2.24, 2.45) is 0 Å². The average Bonchev–Trinajstić information content (AvgIpc) is 3.08. The molecule has 0 radical (unpaired) electrons. The van der Waals surface area contributed by atoms with Crippen LogP contribution in [0.5, 0.6) is 5.75 Å². The number of ketones is 1. The monoisotopic (exact) mass is 492 g/mol. The minimum absolute atomic E-state index is 0.0148. The lowest BCUT2D eigenvalue weighted by Crippen LogP contribution is -2.30. The van der Waals surface area contributed by atoms with Crippen LogP contribution in [0.25, 0.3) is 5.76 Å². The van der Waals surface area contributed by atoms with Gasteiger partial charge in [-0.25, -0.2) is 4.98 Å². The molecule has 1 aliphatic rings. The van der Waals surface area contributed by atoms with Crippen LogP contribution in [0.1, 0.15) is 30.5 Å². The van der Waals surface area contributed by atoms with Gasteiger partial charge in [-0.1, -0.05) is 41.1 Å². The number of hydrogen-bond acceptors (Lipinski definition) is 5. The maximum absolute atomic E-state index is 13.1. The second kappa shape index (κ2) is 9.36. The molecular weight excluding hydrogens is 472 g/mol. The minimum Gasteiger partial charge on any atom is -0.507 e. The Hall–Kier alpha value is -3.45. The van der Waals surface area contributed by atoms with Gasteiger partial charge in [-0.2, -0.15) is 0 Å². The molecule has 1 saturated heterocycles. The van der Waals surface area contributed by atoms with Crippen LogP contribution >= 0.6 is 15.9 Å². The summed E-state index contributed by atoms with van der Waals surface area (Å²) in [5.41, 5.74) is 1.11. The maximum Gasteiger partial charge on any atom is 0.301 e. The quantitative estimate of drug-likeness (QED) is 0.288. The molecule has 6 nitrogen and oxygen atoms in total. The lowest BCUT2D eigenvalue weighted by Gasteiger charge is -2.24. The number of hydrogen-bond donors (Lipinski definition) is 1. The summed E-state index contributed by atoms with van der Waals surface area (Å²) >= 11 is 3.45. The molecular formula is C25H21BrN2O4. The summed E-state index contributed by atoms with van der Waals surface area (Å²) < 4.78 is 6.38. The van der Waals surface area contributed by atoms with Gasteiger partial charge in [0.05, 0.1) is 18.2 Å². The normalized spacial score (nSPS) is 17.6. The van der Waals surface area contributed by atoms with Gasteiger partial charge in [0.15, 0.2) is 0 Å². The minimum atomic E-state index is -0.821. The van der Waals surface area contributed by atoms with Crippen molar-refractivity contribution >= 4 is 39.2 Å². The topological polar surface area (TPSA) is 79.7 Å². The molecule has 0 spiro atoms. The van der Waals surface area contributed by atoms with Crippen LogP contribution in [-0.2, 0) is 9.59 Å². The van der Waals surface area contributed by atoms with Gasteiger partial charge in [0, 0.05) is 16.2 Å². The third kappa shape index (κ3) is 4.16. The van der Waals surface area contributed by atoms with E-state index in [0.717, 1.165) is 10.9 Å². The van der Waals surface area contributed by atoms with Crippen molar-refractivity contribution in [3.05, 3.63) is 94.1 Å². The number of benzene rings is 2. The number of aliphatic hydroxyl groups is 1. The highest BCUT2D eigenvalue weighted by atomic mass is 79.9. The van der Waals surface area contributed by atoms with Crippen molar-refractivity contribution in [3.63, 3.8) is 0 Å². The third-order valence-corrected chi connectivity index (χ3v) is 5.60. The van der Waals surface area contributed by atoms with Crippen LogP contribution in [0.15, 0.2) is 83.0 Å².